The highest BCUT2D eigenvalue weighted by Crippen LogP contribution is 2.37. The lowest BCUT2D eigenvalue weighted by atomic mass is 10.0. The van der Waals surface area contributed by atoms with Crippen molar-refractivity contribution in [3.8, 4) is 22.9 Å². The molecule has 3 aromatic carbocycles. The highest BCUT2D eigenvalue weighted by atomic mass is 19.1. The summed E-state index contributed by atoms with van der Waals surface area (Å²) in [4.78, 5) is 12.5. The summed E-state index contributed by atoms with van der Waals surface area (Å²) in [6.07, 6.45) is 2.95. The van der Waals surface area contributed by atoms with E-state index in [1.54, 1.807) is 12.1 Å². The molecule has 0 aromatic heterocycles. The van der Waals surface area contributed by atoms with Crippen molar-refractivity contribution < 1.29 is 13.9 Å². The largest absolute Gasteiger partial charge is 0.423 e. The van der Waals surface area contributed by atoms with Gasteiger partial charge in [0, 0.05) is 6.07 Å². The van der Waals surface area contributed by atoms with Crippen molar-refractivity contribution >= 4 is 5.97 Å². The van der Waals surface area contributed by atoms with E-state index in [-0.39, 0.29) is 11.3 Å². The molecule has 28 heavy (non-hydrogen) atoms. The fourth-order valence-corrected chi connectivity index (χ4v) is 3.65. The summed E-state index contributed by atoms with van der Waals surface area (Å²) in [6, 6.07) is 17.6. The predicted octanol–water partition coefficient (Wildman–Crippen LogP) is 5.44. The first-order chi connectivity index (χ1) is 13.6. The van der Waals surface area contributed by atoms with Crippen LogP contribution in [0.3, 0.4) is 0 Å². The minimum absolute atomic E-state index is 0.0782. The van der Waals surface area contributed by atoms with Gasteiger partial charge in [-0.3, -0.25) is 0 Å². The fourth-order valence-electron chi connectivity index (χ4n) is 3.65. The number of carbonyl (C=O) groups excluding carboxylic acids is 1. The summed E-state index contributed by atoms with van der Waals surface area (Å²) in [5.74, 6) is -1.18. The van der Waals surface area contributed by atoms with Gasteiger partial charge in [0.05, 0.1) is 11.1 Å². The number of ether oxygens (including phenoxy) is 1. The van der Waals surface area contributed by atoms with Crippen LogP contribution >= 0.6 is 0 Å². The van der Waals surface area contributed by atoms with Gasteiger partial charge in [-0.15, -0.1) is 0 Å². The second-order valence-corrected chi connectivity index (χ2v) is 6.93. The van der Waals surface area contributed by atoms with E-state index in [0.29, 0.717) is 5.56 Å². The quantitative estimate of drug-likeness (QED) is 0.354. The zero-order valence-corrected chi connectivity index (χ0v) is 15.5. The molecule has 3 nitrogen and oxygen atoms in total. The number of carbonyl (C=O) groups is 1. The summed E-state index contributed by atoms with van der Waals surface area (Å²) in [7, 11) is 0. The van der Waals surface area contributed by atoms with Crippen molar-refractivity contribution in [2.75, 3.05) is 0 Å². The maximum atomic E-state index is 13.7. The van der Waals surface area contributed by atoms with Gasteiger partial charge in [-0.2, -0.15) is 5.26 Å². The normalized spacial score (nSPS) is 11.5. The van der Waals surface area contributed by atoms with Crippen molar-refractivity contribution in [1.82, 2.24) is 0 Å². The van der Waals surface area contributed by atoms with E-state index in [2.05, 4.69) is 25.1 Å². The zero-order chi connectivity index (χ0) is 19.7. The van der Waals surface area contributed by atoms with Crippen LogP contribution in [0.15, 0.2) is 54.6 Å². The van der Waals surface area contributed by atoms with Crippen LogP contribution < -0.4 is 4.74 Å². The Balaban J connectivity index is 1.56. The van der Waals surface area contributed by atoms with Crippen molar-refractivity contribution in [3.05, 3.63) is 88.2 Å². The van der Waals surface area contributed by atoms with E-state index in [4.69, 9.17) is 10.00 Å². The number of esters is 1. The van der Waals surface area contributed by atoms with Crippen LogP contribution in [-0.2, 0) is 12.8 Å². The van der Waals surface area contributed by atoms with E-state index in [1.807, 2.05) is 12.1 Å². The summed E-state index contributed by atoms with van der Waals surface area (Å²) < 4.78 is 19.0. The zero-order valence-electron chi connectivity index (χ0n) is 15.5. The SMILES string of the molecule is CCCc1ccc2c(c1)Cc1cc(C(=O)Oc3ccc(C#N)c(F)c3)ccc1-2. The number of nitriles is 1. The van der Waals surface area contributed by atoms with Crippen LogP contribution in [0.1, 0.15) is 46.0 Å². The van der Waals surface area contributed by atoms with Gasteiger partial charge in [0.25, 0.3) is 0 Å². The van der Waals surface area contributed by atoms with Gasteiger partial charge in [0.1, 0.15) is 17.6 Å². The Bertz CT molecular complexity index is 1130. The molecule has 3 aromatic rings. The van der Waals surface area contributed by atoms with E-state index in [9.17, 15) is 9.18 Å². The third-order valence-electron chi connectivity index (χ3n) is 4.99. The molecule has 0 radical (unpaired) electrons. The molecule has 4 rings (SSSR count). The Labute approximate surface area is 163 Å². The second-order valence-electron chi connectivity index (χ2n) is 6.93. The Hall–Kier alpha value is -3.45. The van der Waals surface area contributed by atoms with Crippen molar-refractivity contribution in [1.29, 1.82) is 5.26 Å². The molecule has 0 aliphatic heterocycles. The molecule has 0 unspecified atom stereocenters. The molecular weight excluding hydrogens is 353 g/mol. The molecular formula is C24H18FNO2. The molecule has 1 aliphatic rings. The van der Waals surface area contributed by atoms with Crippen molar-refractivity contribution in [2.24, 2.45) is 0 Å². The average Bonchev–Trinajstić information content (AvgIpc) is 3.05. The van der Waals surface area contributed by atoms with Crippen LogP contribution in [-0.4, -0.2) is 5.97 Å². The molecule has 0 heterocycles. The van der Waals surface area contributed by atoms with Crippen molar-refractivity contribution in [3.63, 3.8) is 0 Å². The Morgan fingerprint density at radius 3 is 2.54 bits per heavy atom. The minimum atomic E-state index is -0.708. The van der Waals surface area contributed by atoms with E-state index in [0.717, 1.165) is 36.5 Å². The molecule has 138 valence electrons. The molecule has 0 atom stereocenters. The first kappa shape index (κ1) is 17.9. The van der Waals surface area contributed by atoms with Gasteiger partial charge >= 0.3 is 5.97 Å². The first-order valence-corrected chi connectivity index (χ1v) is 9.26. The predicted molar refractivity (Wildman–Crippen MR) is 105 cm³/mol. The lowest BCUT2D eigenvalue weighted by Crippen LogP contribution is -2.09. The molecule has 0 amide bonds. The first-order valence-electron chi connectivity index (χ1n) is 9.26. The maximum absolute atomic E-state index is 13.7. The van der Waals surface area contributed by atoms with Gasteiger partial charge in [-0.05, 0) is 64.9 Å². The van der Waals surface area contributed by atoms with Crippen LogP contribution in [0.4, 0.5) is 4.39 Å². The van der Waals surface area contributed by atoms with Gasteiger partial charge in [-0.1, -0.05) is 37.6 Å². The van der Waals surface area contributed by atoms with E-state index < -0.39 is 11.8 Å². The molecule has 0 saturated heterocycles. The number of hydrogen-bond donors (Lipinski definition) is 0. The second kappa shape index (κ2) is 7.28. The summed E-state index contributed by atoms with van der Waals surface area (Å²) >= 11 is 0. The summed E-state index contributed by atoms with van der Waals surface area (Å²) in [6.45, 7) is 2.17. The number of aryl methyl sites for hydroxylation is 1. The Morgan fingerprint density at radius 1 is 1.07 bits per heavy atom. The molecule has 4 heteroatoms. The number of fused-ring (bicyclic) bond motifs is 3. The molecule has 0 saturated carbocycles. The third-order valence-corrected chi connectivity index (χ3v) is 4.99. The van der Waals surface area contributed by atoms with Crippen LogP contribution in [0.2, 0.25) is 0 Å². The monoisotopic (exact) mass is 371 g/mol. The maximum Gasteiger partial charge on any atom is 0.343 e. The average molecular weight is 371 g/mol. The van der Waals surface area contributed by atoms with Gasteiger partial charge < -0.3 is 4.74 Å². The molecule has 0 N–H and O–H groups in total. The number of hydrogen-bond acceptors (Lipinski definition) is 3. The van der Waals surface area contributed by atoms with E-state index >= 15 is 0 Å². The van der Waals surface area contributed by atoms with E-state index in [1.165, 1.54) is 28.8 Å². The highest BCUT2D eigenvalue weighted by Gasteiger charge is 2.21. The lowest BCUT2D eigenvalue weighted by molar-refractivity contribution is 0.0734. The minimum Gasteiger partial charge on any atom is -0.423 e. The van der Waals surface area contributed by atoms with Crippen LogP contribution in [0, 0.1) is 17.1 Å². The van der Waals surface area contributed by atoms with Crippen LogP contribution in [0.25, 0.3) is 11.1 Å². The lowest BCUT2D eigenvalue weighted by Gasteiger charge is -2.07. The highest BCUT2D eigenvalue weighted by molar-refractivity contribution is 5.93. The third kappa shape index (κ3) is 3.27. The molecule has 0 fully saturated rings. The number of nitrogens with zero attached hydrogens (tertiary/aromatic N) is 1. The smallest absolute Gasteiger partial charge is 0.343 e. The molecule has 0 bridgehead atoms. The van der Waals surface area contributed by atoms with Gasteiger partial charge in [0.15, 0.2) is 0 Å². The van der Waals surface area contributed by atoms with Gasteiger partial charge in [-0.25, -0.2) is 9.18 Å². The number of benzene rings is 3. The number of rotatable bonds is 4. The number of halogens is 1. The standard InChI is InChI=1S/C24H18FNO2/c1-2-3-15-4-8-21-18(10-15)12-19-11-16(6-9-22(19)21)24(27)28-20-7-5-17(14-26)23(25)13-20/h4-11,13H,2-3,12H2,1H3. The Kier molecular flexibility index (Phi) is 4.67. The fraction of sp³-hybridized carbons (Fsp3) is 0.167. The van der Waals surface area contributed by atoms with Gasteiger partial charge in [0.2, 0.25) is 0 Å². The van der Waals surface area contributed by atoms with Crippen molar-refractivity contribution in [2.45, 2.75) is 26.2 Å². The topological polar surface area (TPSA) is 50.1 Å². The molecule has 0 spiro atoms. The summed E-state index contributed by atoms with van der Waals surface area (Å²) in [5, 5.41) is 8.78. The summed E-state index contributed by atoms with van der Waals surface area (Å²) in [5.41, 5.74) is 6.38. The van der Waals surface area contributed by atoms with Crippen LogP contribution in [0.5, 0.6) is 5.75 Å². The Morgan fingerprint density at radius 2 is 1.82 bits per heavy atom. The molecule has 1 aliphatic carbocycles.